The molecular formula is C14H26N4O. The fourth-order valence-electron chi connectivity index (χ4n) is 1.54. The molecule has 108 valence electrons. The summed E-state index contributed by atoms with van der Waals surface area (Å²) < 4.78 is 5.14. The van der Waals surface area contributed by atoms with Gasteiger partial charge in [-0.05, 0) is 27.7 Å². The van der Waals surface area contributed by atoms with Crippen LogP contribution >= 0.6 is 0 Å². The maximum atomic E-state index is 5.14. The summed E-state index contributed by atoms with van der Waals surface area (Å²) in [6.07, 6.45) is 3.74. The highest BCUT2D eigenvalue weighted by Gasteiger charge is 2.13. The van der Waals surface area contributed by atoms with Gasteiger partial charge < -0.3 is 15.0 Å². The Kier molecular flexibility index (Phi) is 5.69. The zero-order valence-corrected chi connectivity index (χ0v) is 12.9. The Bertz CT molecular complexity index is 372. The molecule has 0 aromatic carbocycles. The molecule has 0 spiro atoms. The number of aromatic nitrogens is 2. The molecule has 1 rings (SSSR count). The summed E-state index contributed by atoms with van der Waals surface area (Å²) >= 11 is 0. The molecule has 0 saturated heterocycles. The maximum Gasteiger partial charge on any atom is 0.225 e. The zero-order valence-electron chi connectivity index (χ0n) is 12.9. The van der Waals surface area contributed by atoms with Gasteiger partial charge in [-0.15, -0.1) is 0 Å². The summed E-state index contributed by atoms with van der Waals surface area (Å²) in [5.74, 6) is 0.726. The Balaban J connectivity index is 2.60. The van der Waals surface area contributed by atoms with Crippen LogP contribution in [0.2, 0.25) is 0 Å². The molecule has 0 saturated carbocycles. The first kappa shape index (κ1) is 15.9. The third-order valence-corrected chi connectivity index (χ3v) is 2.90. The van der Waals surface area contributed by atoms with E-state index >= 15 is 0 Å². The van der Waals surface area contributed by atoms with Crippen LogP contribution in [0.3, 0.4) is 0 Å². The van der Waals surface area contributed by atoms with Crippen molar-refractivity contribution in [2.24, 2.45) is 0 Å². The molecule has 0 bridgehead atoms. The van der Waals surface area contributed by atoms with E-state index in [9.17, 15) is 0 Å². The molecule has 0 aliphatic carbocycles. The van der Waals surface area contributed by atoms with Crippen molar-refractivity contribution in [3.8, 4) is 0 Å². The van der Waals surface area contributed by atoms with Gasteiger partial charge in [0, 0.05) is 44.2 Å². The lowest BCUT2D eigenvalue weighted by molar-refractivity contribution is 0.183. The molecule has 0 aliphatic rings. The lowest BCUT2D eigenvalue weighted by Gasteiger charge is -2.24. The van der Waals surface area contributed by atoms with Crippen LogP contribution in [0.1, 0.15) is 33.3 Å². The van der Waals surface area contributed by atoms with Crippen molar-refractivity contribution < 1.29 is 4.74 Å². The topological polar surface area (TPSA) is 50.3 Å². The van der Waals surface area contributed by atoms with E-state index in [-0.39, 0.29) is 11.6 Å². The van der Waals surface area contributed by atoms with Crippen LogP contribution in [-0.2, 0) is 11.3 Å². The van der Waals surface area contributed by atoms with Gasteiger partial charge in [0.15, 0.2) is 0 Å². The van der Waals surface area contributed by atoms with E-state index in [0.717, 1.165) is 18.1 Å². The van der Waals surface area contributed by atoms with Gasteiger partial charge in [-0.3, -0.25) is 0 Å². The summed E-state index contributed by atoms with van der Waals surface area (Å²) in [4.78, 5) is 10.8. The van der Waals surface area contributed by atoms with Crippen molar-refractivity contribution in [2.45, 2.75) is 45.8 Å². The molecule has 1 atom stereocenters. The van der Waals surface area contributed by atoms with Gasteiger partial charge in [-0.1, -0.05) is 0 Å². The fourth-order valence-corrected chi connectivity index (χ4v) is 1.54. The lowest BCUT2D eigenvalue weighted by Crippen LogP contribution is -2.35. The third kappa shape index (κ3) is 5.53. The third-order valence-electron chi connectivity index (χ3n) is 2.90. The molecule has 1 unspecified atom stereocenters. The minimum absolute atomic E-state index is 0.0996. The SMILES string of the molecule is COCC(C)N(C)c1ncc(CNC(C)(C)C)cn1. The predicted octanol–water partition coefficient (Wildman–Crippen LogP) is 1.84. The number of ether oxygens (including phenoxy) is 1. The average molecular weight is 266 g/mol. The summed E-state index contributed by atoms with van der Waals surface area (Å²) in [6, 6.07) is 0.253. The van der Waals surface area contributed by atoms with E-state index in [1.54, 1.807) is 7.11 Å². The van der Waals surface area contributed by atoms with Gasteiger partial charge in [0.25, 0.3) is 0 Å². The van der Waals surface area contributed by atoms with Gasteiger partial charge in [0.05, 0.1) is 12.6 Å². The van der Waals surface area contributed by atoms with E-state index in [1.165, 1.54) is 0 Å². The molecule has 1 aromatic heterocycles. The first-order valence-corrected chi connectivity index (χ1v) is 6.61. The molecule has 0 radical (unpaired) electrons. The van der Waals surface area contributed by atoms with Crippen LogP contribution in [-0.4, -0.2) is 42.3 Å². The number of hydrogen-bond donors (Lipinski definition) is 1. The first-order valence-electron chi connectivity index (χ1n) is 6.61. The van der Waals surface area contributed by atoms with Crippen LogP contribution in [0, 0.1) is 0 Å². The Morgan fingerprint density at radius 3 is 2.37 bits per heavy atom. The number of nitrogens with one attached hydrogen (secondary N) is 1. The van der Waals surface area contributed by atoms with Crippen molar-refractivity contribution in [3.63, 3.8) is 0 Å². The van der Waals surface area contributed by atoms with Crippen molar-refractivity contribution in [3.05, 3.63) is 18.0 Å². The van der Waals surface area contributed by atoms with Crippen LogP contribution in [0.15, 0.2) is 12.4 Å². The number of likely N-dealkylation sites (N-methyl/N-ethyl adjacent to an activating group) is 1. The second-order valence-electron chi connectivity index (χ2n) is 5.91. The smallest absolute Gasteiger partial charge is 0.225 e. The normalized spacial score (nSPS) is 13.4. The molecule has 5 nitrogen and oxygen atoms in total. The molecule has 0 amide bonds. The zero-order chi connectivity index (χ0) is 14.5. The predicted molar refractivity (Wildman–Crippen MR) is 78.4 cm³/mol. The van der Waals surface area contributed by atoms with Crippen molar-refractivity contribution >= 4 is 5.95 Å². The molecule has 1 N–H and O–H groups in total. The van der Waals surface area contributed by atoms with E-state index in [2.05, 4.69) is 43.0 Å². The Hall–Kier alpha value is -1.20. The number of nitrogens with zero attached hydrogens (tertiary/aromatic N) is 3. The fraction of sp³-hybridized carbons (Fsp3) is 0.714. The van der Waals surface area contributed by atoms with E-state index in [4.69, 9.17) is 4.74 Å². The monoisotopic (exact) mass is 266 g/mol. The summed E-state index contributed by atoms with van der Waals surface area (Å²) in [5, 5.41) is 3.42. The van der Waals surface area contributed by atoms with E-state index < -0.39 is 0 Å². The molecule has 0 fully saturated rings. The highest BCUT2D eigenvalue weighted by molar-refractivity contribution is 5.29. The van der Waals surface area contributed by atoms with E-state index in [0.29, 0.717) is 6.61 Å². The van der Waals surface area contributed by atoms with Crippen LogP contribution in [0.25, 0.3) is 0 Å². The number of anilines is 1. The lowest BCUT2D eigenvalue weighted by atomic mass is 10.1. The minimum atomic E-state index is 0.0996. The van der Waals surface area contributed by atoms with Gasteiger partial charge in [-0.25, -0.2) is 9.97 Å². The van der Waals surface area contributed by atoms with Crippen molar-refractivity contribution in [1.82, 2.24) is 15.3 Å². The molecular weight excluding hydrogens is 240 g/mol. The van der Waals surface area contributed by atoms with Crippen LogP contribution in [0.5, 0.6) is 0 Å². The van der Waals surface area contributed by atoms with Gasteiger partial charge >= 0.3 is 0 Å². The first-order chi connectivity index (χ1) is 8.83. The molecule has 0 aliphatic heterocycles. The van der Waals surface area contributed by atoms with Gasteiger partial charge in [0.2, 0.25) is 5.95 Å². The standard InChI is InChI=1S/C14H26N4O/c1-11(10-19-6)18(5)13-15-7-12(8-16-13)9-17-14(2,3)4/h7-8,11,17H,9-10H2,1-6H3. The summed E-state index contributed by atoms with van der Waals surface area (Å²) in [7, 11) is 3.68. The highest BCUT2D eigenvalue weighted by atomic mass is 16.5. The maximum absolute atomic E-state index is 5.14. The van der Waals surface area contributed by atoms with E-state index in [1.807, 2.05) is 24.3 Å². The minimum Gasteiger partial charge on any atom is -0.383 e. The van der Waals surface area contributed by atoms with Crippen molar-refractivity contribution in [2.75, 3.05) is 25.7 Å². The van der Waals surface area contributed by atoms with Gasteiger partial charge in [0.1, 0.15) is 0 Å². The molecule has 1 heterocycles. The number of hydrogen-bond acceptors (Lipinski definition) is 5. The molecule has 5 heteroatoms. The quantitative estimate of drug-likeness (QED) is 0.851. The summed E-state index contributed by atoms with van der Waals surface area (Å²) in [6.45, 7) is 9.95. The van der Waals surface area contributed by atoms with Crippen LogP contribution in [0.4, 0.5) is 5.95 Å². The Labute approximate surface area is 116 Å². The largest absolute Gasteiger partial charge is 0.383 e. The second-order valence-corrected chi connectivity index (χ2v) is 5.91. The number of rotatable bonds is 6. The Morgan fingerprint density at radius 2 is 1.89 bits per heavy atom. The van der Waals surface area contributed by atoms with Crippen LogP contribution < -0.4 is 10.2 Å². The second kappa shape index (κ2) is 6.82. The highest BCUT2D eigenvalue weighted by Crippen LogP contribution is 2.09. The molecule has 1 aromatic rings. The average Bonchev–Trinajstić information content (AvgIpc) is 2.35. The van der Waals surface area contributed by atoms with Crippen molar-refractivity contribution in [1.29, 1.82) is 0 Å². The molecule has 19 heavy (non-hydrogen) atoms. The Morgan fingerprint density at radius 1 is 1.32 bits per heavy atom. The van der Waals surface area contributed by atoms with Gasteiger partial charge in [-0.2, -0.15) is 0 Å². The summed E-state index contributed by atoms with van der Waals surface area (Å²) in [5.41, 5.74) is 1.19. The number of methoxy groups -OCH3 is 1.